The van der Waals surface area contributed by atoms with E-state index in [1.54, 1.807) is 30.1 Å². The Kier molecular flexibility index (Phi) is 7.72. The molecule has 0 spiro atoms. The maximum absolute atomic E-state index is 13.8. The summed E-state index contributed by atoms with van der Waals surface area (Å²) in [4.78, 5) is 45.7. The minimum atomic E-state index is -1.23. The molecule has 0 radical (unpaired) electrons. The summed E-state index contributed by atoms with van der Waals surface area (Å²) in [6.07, 6.45) is 4.52. The van der Waals surface area contributed by atoms with E-state index >= 15 is 0 Å². The summed E-state index contributed by atoms with van der Waals surface area (Å²) < 4.78 is 5.39. The fraction of sp³-hybridized carbons (Fsp3) is 0.640. The number of halogens is 1. The lowest BCUT2D eigenvalue weighted by molar-refractivity contribution is -0.144. The van der Waals surface area contributed by atoms with Crippen LogP contribution in [0.15, 0.2) is 24.3 Å². The van der Waals surface area contributed by atoms with Gasteiger partial charge in [-0.1, -0.05) is 42.6 Å². The summed E-state index contributed by atoms with van der Waals surface area (Å²) in [5.74, 6) is -0.580. The molecular formula is C25H34ClN3O4. The molecule has 180 valence electrons. The molecule has 1 aromatic carbocycles. The molecule has 1 unspecified atom stereocenters. The second kappa shape index (κ2) is 10.5. The Bertz CT molecular complexity index is 882. The van der Waals surface area contributed by atoms with Gasteiger partial charge in [-0.15, -0.1) is 0 Å². The van der Waals surface area contributed by atoms with E-state index in [2.05, 4.69) is 4.90 Å². The van der Waals surface area contributed by atoms with Gasteiger partial charge in [0, 0.05) is 57.1 Å². The Hall–Kier alpha value is -1.96. The maximum Gasteiger partial charge on any atom is 0.241 e. The fourth-order valence-corrected chi connectivity index (χ4v) is 5.78. The summed E-state index contributed by atoms with van der Waals surface area (Å²) >= 11 is 6.52. The molecule has 1 saturated carbocycles. The van der Waals surface area contributed by atoms with Gasteiger partial charge in [0.05, 0.1) is 18.6 Å². The molecule has 7 nitrogen and oxygen atoms in total. The standard InChI is InChI=1S/C25H34ClN3O4/c1-27(11-6-12-28-13-15-33-16-14-28)22(30)17-25(20-9-4-5-10-21(20)26)18-23(31)29(24(25)32)19-7-2-3-8-19/h4-5,9-10,19H,2-3,6-8,11-18H2,1H3. The summed E-state index contributed by atoms with van der Waals surface area (Å²) in [6, 6.07) is 7.07. The fourth-order valence-electron chi connectivity index (χ4n) is 5.46. The molecule has 0 aromatic heterocycles. The van der Waals surface area contributed by atoms with Crippen molar-refractivity contribution >= 4 is 29.3 Å². The molecule has 8 heteroatoms. The van der Waals surface area contributed by atoms with Gasteiger partial charge in [-0.2, -0.15) is 0 Å². The predicted molar refractivity (Wildman–Crippen MR) is 126 cm³/mol. The monoisotopic (exact) mass is 475 g/mol. The Morgan fingerprint density at radius 2 is 1.88 bits per heavy atom. The predicted octanol–water partition coefficient (Wildman–Crippen LogP) is 2.85. The molecule has 0 bridgehead atoms. The first-order chi connectivity index (χ1) is 15.9. The van der Waals surface area contributed by atoms with Gasteiger partial charge in [0.1, 0.15) is 0 Å². The van der Waals surface area contributed by atoms with Crippen molar-refractivity contribution in [3.8, 4) is 0 Å². The van der Waals surface area contributed by atoms with E-state index in [-0.39, 0.29) is 36.6 Å². The third kappa shape index (κ3) is 5.10. The number of amides is 3. The minimum absolute atomic E-state index is 0.000571. The molecule has 2 heterocycles. The van der Waals surface area contributed by atoms with Crippen molar-refractivity contribution in [3.05, 3.63) is 34.9 Å². The quantitative estimate of drug-likeness (QED) is 0.541. The number of ether oxygens (including phenoxy) is 1. The molecule has 0 N–H and O–H groups in total. The highest BCUT2D eigenvalue weighted by atomic mass is 35.5. The second-order valence-electron chi connectivity index (χ2n) is 9.55. The molecule has 2 aliphatic heterocycles. The Balaban J connectivity index is 1.50. The first-order valence-corrected chi connectivity index (χ1v) is 12.5. The number of hydrogen-bond acceptors (Lipinski definition) is 5. The molecular weight excluding hydrogens is 442 g/mol. The average molecular weight is 476 g/mol. The van der Waals surface area contributed by atoms with Crippen molar-refractivity contribution in [2.45, 2.75) is 56.4 Å². The van der Waals surface area contributed by atoms with Crippen LogP contribution in [0.5, 0.6) is 0 Å². The topological polar surface area (TPSA) is 70.2 Å². The highest BCUT2D eigenvalue weighted by Crippen LogP contribution is 2.45. The van der Waals surface area contributed by atoms with E-state index < -0.39 is 5.41 Å². The van der Waals surface area contributed by atoms with Gasteiger partial charge < -0.3 is 9.64 Å². The summed E-state index contributed by atoms with van der Waals surface area (Å²) in [5.41, 5.74) is -0.645. The van der Waals surface area contributed by atoms with Gasteiger partial charge in [0.15, 0.2) is 0 Å². The van der Waals surface area contributed by atoms with E-state index in [1.807, 2.05) is 6.07 Å². The van der Waals surface area contributed by atoms with Crippen molar-refractivity contribution in [2.75, 3.05) is 46.4 Å². The van der Waals surface area contributed by atoms with Gasteiger partial charge in [-0.05, 0) is 30.9 Å². The van der Waals surface area contributed by atoms with Crippen LogP contribution in [0.2, 0.25) is 5.02 Å². The van der Waals surface area contributed by atoms with E-state index in [4.69, 9.17) is 16.3 Å². The molecule has 4 rings (SSSR count). The van der Waals surface area contributed by atoms with Crippen LogP contribution < -0.4 is 0 Å². The molecule has 1 aliphatic carbocycles. The van der Waals surface area contributed by atoms with Crippen LogP contribution in [0.25, 0.3) is 0 Å². The minimum Gasteiger partial charge on any atom is -0.379 e. The number of likely N-dealkylation sites (tertiary alicyclic amines) is 1. The van der Waals surface area contributed by atoms with Crippen LogP contribution in [0.1, 0.15) is 50.5 Å². The number of nitrogens with zero attached hydrogens (tertiary/aromatic N) is 3. The third-order valence-electron chi connectivity index (χ3n) is 7.38. The number of rotatable bonds is 8. The SMILES string of the molecule is CN(CCCN1CCOCC1)C(=O)CC1(c2ccccc2Cl)CC(=O)N(C2CCCC2)C1=O. The van der Waals surface area contributed by atoms with Gasteiger partial charge in [0.2, 0.25) is 17.7 Å². The number of morpholine rings is 1. The normalized spacial score (nSPS) is 24.6. The first kappa shape index (κ1) is 24.2. The highest BCUT2D eigenvalue weighted by Gasteiger charge is 2.56. The van der Waals surface area contributed by atoms with Crippen LogP contribution in [-0.2, 0) is 24.5 Å². The van der Waals surface area contributed by atoms with Gasteiger partial charge in [-0.25, -0.2) is 0 Å². The van der Waals surface area contributed by atoms with E-state index in [9.17, 15) is 14.4 Å². The Morgan fingerprint density at radius 1 is 1.18 bits per heavy atom. The molecule has 1 atom stereocenters. The second-order valence-corrected chi connectivity index (χ2v) is 9.95. The van der Waals surface area contributed by atoms with Crippen LogP contribution in [-0.4, -0.2) is 84.9 Å². The van der Waals surface area contributed by atoms with Gasteiger partial charge >= 0.3 is 0 Å². The molecule has 3 amide bonds. The summed E-state index contributed by atoms with van der Waals surface area (Å²) in [6.45, 7) is 4.85. The average Bonchev–Trinajstić information content (AvgIpc) is 3.41. The summed E-state index contributed by atoms with van der Waals surface area (Å²) in [5, 5.41) is 0.426. The smallest absolute Gasteiger partial charge is 0.241 e. The van der Waals surface area contributed by atoms with Crippen LogP contribution in [0.4, 0.5) is 0 Å². The molecule has 2 saturated heterocycles. The zero-order valence-corrected chi connectivity index (χ0v) is 20.2. The number of imide groups is 1. The molecule has 1 aromatic rings. The van der Waals surface area contributed by atoms with Crippen LogP contribution in [0, 0.1) is 0 Å². The van der Waals surface area contributed by atoms with Crippen molar-refractivity contribution in [1.29, 1.82) is 0 Å². The third-order valence-corrected chi connectivity index (χ3v) is 7.71. The number of carbonyl (C=O) groups excluding carboxylic acids is 3. The molecule has 33 heavy (non-hydrogen) atoms. The zero-order valence-electron chi connectivity index (χ0n) is 19.4. The number of carbonyl (C=O) groups is 3. The first-order valence-electron chi connectivity index (χ1n) is 12.1. The Morgan fingerprint density at radius 3 is 2.58 bits per heavy atom. The number of benzene rings is 1. The van der Waals surface area contributed by atoms with Crippen molar-refractivity contribution in [1.82, 2.24) is 14.7 Å². The van der Waals surface area contributed by atoms with E-state index in [0.29, 0.717) is 17.1 Å². The van der Waals surface area contributed by atoms with Crippen molar-refractivity contribution in [3.63, 3.8) is 0 Å². The number of hydrogen-bond donors (Lipinski definition) is 0. The lowest BCUT2D eigenvalue weighted by Gasteiger charge is -2.31. The molecule has 3 aliphatic rings. The maximum atomic E-state index is 13.8. The van der Waals surface area contributed by atoms with Gasteiger partial charge in [0.25, 0.3) is 0 Å². The lowest BCUT2D eigenvalue weighted by atomic mass is 9.75. The van der Waals surface area contributed by atoms with Crippen molar-refractivity contribution < 1.29 is 19.1 Å². The Labute approximate surface area is 201 Å². The van der Waals surface area contributed by atoms with E-state index in [0.717, 1.165) is 65.0 Å². The zero-order chi connectivity index (χ0) is 23.4. The van der Waals surface area contributed by atoms with Gasteiger partial charge in [-0.3, -0.25) is 24.2 Å². The van der Waals surface area contributed by atoms with Crippen LogP contribution in [0.3, 0.4) is 0 Å². The van der Waals surface area contributed by atoms with Crippen LogP contribution >= 0.6 is 11.6 Å². The highest BCUT2D eigenvalue weighted by molar-refractivity contribution is 6.32. The lowest BCUT2D eigenvalue weighted by Crippen LogP contribution is -2.46. The summed E-state index contributed by atoms with van der Waals surface area (Å²) in [7, 11) is 1.78. The molecule has 3 fully saturated rings. The largest absolute Gasteiger partial charge is 0.379 e. The van der Waals surface area contributed by atoms with E-state index in [1.165, 1.54) is 4.90 Å². The van der Waals surface area contributed by atoms with Crippen molar-refractivity contribution in [2.24, 2.45) is 0 Å².